The number of methoxy groups -OCH3 is 1. The summed E-state index contributed by atoms with van der Waals surface area (Å²) in [4.78, 5) is 26.6. The number of aryl methyl sites for hydroxylation is 1. The Bertz CT molecular complexity index is 838. The number of nitrogens with zero attached hydrogens (tertiary/aromatic N) is 1. The van der Waals surface area contributed by atoms with Crippen LogP contribution in [0.3, 0.4) is 0 Å². The lowest BCUT2D eigenvalue weighted by Crippen LogP contribution is -2.28. The zero-order valence-electron chi connectivity index (χ0n) is 14.8. The van der Waals surface area contributed by atoms with Gasteiger partial charge in [0.2, 0.25) is 11.8 Å². The van der Waals surface area contributed by atoms with Gasteiger partial charge in [0.15, 0.2) is 0 Å². The first-order valence-electron chi connectivity index (χ1n) is 8.55. The Morgan fingerprint density at radius 3 is 2.85 bits per heavy atom. The highest BCUT2D eigenvalue weighted by Crippen LogP contribution is 2.35. The third-order valence-electron chi connectivity index (χ3n) is 4.53. The number of hydrogen-bond donors (Lipinski definition) is 1. The van der Waals surface area contributed by atoms with Crippen molar-refractivity contribution in [3.63, 3.8) is 0 Å². The van der Waals surface area contributed by atoms with Crippen molar-refractivity contribution in [3.8, 4) is 5.75 Å². The van der Waals surface area contributed by atoms with Crippen LogP contribution in [0.2, 0.25) is 5.02 Å². The first-order valence-corrected chi connectivity index (χ1v) is 8.93. The first kappa shape index (κ1) is 18.3. The van der Waals surface area contributed by atoms with E-state index in [-0.39, 0.29) is 18.2 Å². The van der Waals surface area contributed by atoms with Crippen LogP contribution < -0.4 is 15.0 Å². The number of carbonyl (C=O) groups is 2. The molecule has 0 aliphatic carbocycles. The van der Waals surface area contributed by atoms with E-state index in [0.29, 0.717) is 23.0 Å². The summed E-state index contributed by atoms with van der Waals surface area (Å²) >= 11 is 6.06. The molecule has 0 aromatic heterocycles. The molecule has 26 heavy (non-hydrogen) atoms. The van der Waals surface area contributed by atoms with Crippen LogP contribution >= 0.6 is 11.6 Å². The van der Waals surface area contributed by atoms with Gasteiger partial charge in [-0.05, 0) is 42.3 Å². The minimum Gasteiger partial charge on any atom is -0.495 e. The molecular weight excluding hydrogens is 352 g/mol. The van der Waals surface area contributed by atoms with Crippen LogP contribution in [0.15, 0.2) is 42.5 Å². The van der Waals surface area contributed by atoms with Crippen molar-refractivity contribution in [2.45, 2.75) is 19.8 Å². The summed E-state index contributed by atoms with van der Waals surface area (Å²) in [6.45, 7) is 2.36. The molecule has 1 aliphatic heterocycles. The summed E-state index contributed by atoms with van der Waals surface area (Å²) in [7, 11) is 1.54. The fourth-order valence-electron chi connectivity index (χ4n) is 3.10. The Kier molecular flexibility index (Phi) is 5.47. The van der Waals surface area contributed by atoms with E-state index in [2.05, 4.69) is 12.2 Å². The lowest BCUT2D eigenvalue weighted by atomic mass is 10.1. The molecule has 6 heteroatoms. The number of nitrogens with one attached hydrogen (secondary N) is 1. The van der Waals surface area contributed by atoms with Crippen LogP contribution in [-0.4, -0.2) is 25.5 Å². The highest BCUT2D eigenvalue weighted by atomic mass is 35.5. The molecule has 1 aliphatic rings. The second-order valence-corrected chi connectivity index (χ2v) is 6.70. The van der Waals surface area contributed by atoms with E-state index in [9.17, 15) is 9.59 Å². The normalized spacial score (nSPS) is 16.7. The largest absolute Gasteiger partial charge is 0.495 e. The number of benzene rings is 2. The van der Waals surface area contributed by atoms with Gasteiger partial charge in [-0.25, -0.2) is 0 Å². The molecule has 1 atom stereocenters. The summed E-state index contributed by atoms with van der Waals surface area (Å²) in [5.74, 6) is -0.140. The first-order chi connectivity index (χ1) is 12.5. The van der Waals surface area contributed by atoms with Crippen molar-refractivity contribution in [3.05, 3.63) is 53.1 Å². The molecule has 0 bridgehead atoms. The molecule has 1 saturated heterocycles. The number of hydrogen-bond acceptors (Lipinski definition) is 3. The summed E-state index contributed by atoms with van der Waals surface area (Å²) in [6.07, 6.45) is 1.06. The average Bonchev–Trinajstić information content (AvgIpc) is 3.03. The lowest BCUT2D eigenvalue weighted by molar-refractivity contribution is -0.122. The maximum absolute atomic E-state index is 12.6. The van der Waals surface area contributed by atoms with Gasteiger partial charge in [-0.15, -0.1) is 0 Å². The highest BCUT2D eigenvalue weighted by Gasteiger charge is 2.36. The van der Waals surface area contributed by atoms with Crippen molar-refractivity contribution in [1.29, 1.82) is 0 Å². The summed E-state index contributed by atoms with van der Waals surface area (Å²) in [5.41, 5.74) is 2.49. The maximum Gasteiger partial charge on any atom is 0.229 e. The van der Waals surface area contributed by atoms with Crippen LogP contribution in [0.1, 0.15) is 18.9 Å². The van der Waals surface area contributed by atoms with Crippen molar-refractivity contribution < 1.29 is 14.3 Å². The molecule has 0 saturated carbocycles. The topological polar surface area (TPSA) is 58.6 Å². The zero-order chi connectivity index (χ0) is 18.7. The zero-order valence-corrected chi connectivity index (χ0v) is 15.5. The van der Waals surface area contributed by atoms with Gasteiger partial charge in [0.25, 0.3) is 0 Å². The average molecular weight is 373 g/mol. The Hall–Kier alpha value is -2.53. The molecule has 0 radical (unpaired) electrons. The van der Waals surface area contributed by atoms with Crippen molar-refractivity contribution in [1.82, 2.24) is 0 Å². The van der Waals surface area contributed by atoms with Gasteiger partial charge >= 0.3 is 0 Å². The Balaban J connectivity index is 1.75. The van der Waals surface area contributed by atoms with E-state index < -0.39 is 5.92 Å². The lowest BCUT2D eigenvalue weighted by Gasteiger charge is -2.20. The number of carbonyl (C=O) groups excluding carboxylic acids is 2. The second-order valence-electron chi connectivity index (χ2n) is 6.26. The fraction of sp³-hybridized carbons (Fsp3) is 0.300. The Labute approximate surface area is 157 Å². The van der Waals surface area contributed by atoms with E-state index >= 15 is 0 Å². The highest BCUT2D eigenvalue weighted by molar-refractivity contribution is 6.31. The summed E-state index contributed by atoms with van der Waals surface area (Å²) < 4.78 is 5.32. The van der Waals surface area contributed by atoms with Gasteiger partial charge in [-0.1, -0.05) is 30.7 Å². The fourth-order valence-corrected chi connectivity index (χ4v) is 3.27. The molecule has 1 fully saturated rings. The molecule has 136 valence electrons. The van der Waals surface area contributed by atoms with E-state index in [0.717, 1.165) is 17.7 Å². The molecule has 1 N–H and O–H groups in total. The third-order valence-corrected chi connectivity index (χ3v) is 4.77. The van der Waals surface area contributed by atoms with Gasteiger partial charge in [0.1, 0.15) is 5.75 Å². The Morgan fingerprint density at radius 1 is 1.31 bits per heavy atom. The van der Waals surface area contributed by atoms with E-state index in [1.165, 1.54) is 7.11 Å². The van der Waals surface area contributed by atoms with Crippen LogP contribution in [0.5, 0.6) is 5.75 Å². The van der Waals surface area contributed by atoms with Gasteiger partial charge in [-0.3, -0.25) is 9.59 Å². The van der Waals surface area contributed by atoms with Crippen molar-refractivity contribution in [2.75, 3.05) is 23.9 Å². The van der Waals surface area contributed by atoms with Crippen molar-refractivity contribution >= 4 is 34.8 Å². The monoisotopic (exact) mass is 372 g/mol. The molecule has 3 rings (SSSR count). The van der Waals surface area contributed by atoms with Crippen molar-refractivity contribution in [2.24, 2.45) is 5.92 Å². The maximum atomic E-state index is 12.6. The van der Waals surface area contributed by atoms with E-state index in [1.807, 2.05) is 24.3 Å². The van der Waals surface area contributed by atoms with Gasteiger partial charge in [0.05, 0.1) is 18.7 Å². The van der Waals surface area contributed by atoms with Crippen LogP contribution in [0.25, 0.3) is 0 Å². The number of rotatable bonds is 5. The SMILES string of the molecule is CCc1cccc(NC(=O)C2CC(=O)N(c3cc(Cl)ccc3OC)C2)c1. The number of halogens is 1. The number of anilines is 2. The summed E-state index contributed by atoms with van der Waals surface area (Å²) in [6, 6.07) is 12.8. The standard InChI is InChI=1S/C20H21ClN2O3/c1-3-13-5-4-6-16(9-13)22-20(25)14-10-19(24)23(12-14)17-11-15(21)7-8-18(17)26-2/h4-9,11,14H,3,10,12H2,1-2H3,(H,22,25). The Morgan fingerprint density at radius 2 is 2.12 bits per heavy atom. The smallest absolute Gasteiger partial charge is 0.229 e. The molecular formula is C20H21ClN2O3. The van der Waals surface area contributed by atoms with E-state index in [1.54, 1.807) is 23.1 Å². The molecule has 5 nitrogen and oxygen atoms in total. The molecule has 2 aromatic carbocycles. The minimum atomic E-state index is -0.420. The minimum absolute atomic E-state index is 0.118. The van der Waals surface area contributed by atoms with Crippen LogP contribution in [0, 0.1) is 5.92 Å². The quantitative estimate of drug-likeness (QED) is 0.865. The van der Waals surface area contributed by atoms with Crippen LogP contribution in [-0.2, 0) is 16.0 Å². The van der Waals surface area contributed by atoms with Crippen LogP contribution in [0.4, 0.5) is 11.4 Å². The third kappa shape index (κ3) is 3.83. The second kappa shape index (κ2) is 7.79. The molecule has 2 aromatic rings. The van der Waals surface area contributed by atoms with Gasteiger partial charge < -0.3 is 15.0 Å². The van der Waals surface area contributed by atoms with Gasteiger partial charge in [0, 0.05) is 23.7 Å². The predicted molar refractivity (Wildman–Crippen MR) is 103 cm³/mol. The molecule has 1 unspecified atom stereocenters. The molecule has 0 spiro atoms. The number of amides is 2. The molecule has 2 amide bonds. The number of ether oxygens (including phenoxy) is 1. The predicted octanol–water partition coefficient (Wildman–Crippen LogP) is 3.90. The van der Waals surface area contributed by atoms with E-state index in [4.69, 9.17) is 16.3 Å². The molecule has 1 heterocycles. The summed E-state index contributed by atoms with van der Waals surface area (Å²) in [5, 5.41) is 3.43. The van der Waals surface area contributed by atoms with Gasteiger partial charge in [-0.2, -0.15) is 0 Å².